The molecule has 0 saturated carbocycles. The molecule has 11 heteroatoms. The maximum atomic E-state index is 13.1. The van der Waals surface area contributed by atoms with Crippen LogP contribution in [0.25, 0.3) is 10.9 Å². The van der Waals surface area contributed by atoms with Gasteiger partial charge in [-0.15, -0.1) is 0 Å². The Morgan fingerprint density at radius 2 is 1.70 bits per heavy atom. The van der Waals surface area contributed by atoms with Crippen LogP contribution in [-0.4, -0.2) is 53.2 Å². The van der Waals surface area contributed by atoms with Crippen LogP contribution >= 0.6 is 0 Å². The van der Waals surface area contributed by atoms with Gasteiger partial charge in [-0.25, -0.2) is 0 Å². The third kappa shape index (κ3) is 7.17. The second-order valence-corrected chi connectivity index (χ2v) is 11.1. The van der Waals surface area contributed by atoms with Crippen LogP contribution in [0.2, 0.25) is 0 Å². The van der Waals surface area contributed by atoms with Gasteiger partial charge in [0.05, 0.1) is 17.9 Å². The van der Waals surface area contributed by atoms with Gasteiger partial charge >= 0.3 is 5.97 Å². The number of hydrogen-bond donors (Lipinski definition) is 5. The molecule has 11 nitrogen and oxygen atoms in total. The molecule has 5 rings (SSSR count). The standard InChI is InChI=1S/C33H34N4O7/c1-19(2)13-27(32(40)35-16-24(33(41)42)21-9-12-28-29(15-21)44-18-43-28)37-30(38)14-20-7-10-22(11-8-20)36-31(39)25-17-34-26-6-4-3-5-23(25)26/h3-12,15,17,19,24,27,34H,13-14,16,18H2,1-2H3,(H,35,40)(H,36,39)(H,37,38)(H,41,42)/t24?,27-/m0/s1. The van der Waals surface area contributed by atoms with Gasteiger partial charge in [-0.05, 0) is 53.8 Å². The zero-order chi connectivity index (χ0) is 31.2. The molecule has 228 valence electrons. The van der Waals surface area contributed by atoms with E-state index in [2.05, 4.69) is 20.9 Å². The second-order valence-electron chi connectivity index (χ2n) is 11.1. The molecule has 0 bridgehead atoms. The molecule has 0 spiro atoms. The molecule has 44 heavy (non-hydrogen) atoms. The number of fused-ring (bicyclic) bond motifs is 2. The Balaban J connectivity index is 1.17. The molecule has 1 aliphatic heterocycles. The fourth-order valence-electron chi connectivity index (χ4n) is 5.10. The Bertz CT molecular complexity index is 1680. The van der Waals surface area contributed by atoms with Crippen LogP contribution < -0.4 is 25.4 Å². The quantitative estimate of drug-likeness (QED) is 0.163. The highest BCUT2D eigenvalue weighted by atomic mass is 16.7. The maximum Gasteiger partial charge on any atom is 0.312 e. The topological polar surface area (TPSA) is 159 Å². The van der Waals surface area contributed by atoms with E-state index in [4.69, 9.17) is 9.47 Å². The molecular weight excluding hydrogens is 564 g/mol. The van der Waals surface area contributed by atoms with Crippen LogP contribution in [-0.2, 0) is 20.8 Å². The monoisotopic (exact) mass is 598 g/mol. The number of amides is 3. The van der Waals surface area contributed by atoms with E-state index in [1.54, 1.807) is 48.7 Å². The van der Waals surface area contributed by atoms with Gasteiger partial charge in [0.2, 0.25) is 18.6 Å². The highest BCUT2D eigenvalue weighted by Gasteiger charge is 2.27. The van der Waals surface area contributed by atoms with Crippen molar-refractivity contribution in [3.05, 3.63) is 89.6 Å². The summed E-state index contributed by atoms with van der Waals surface area (Å²) in [4.78, 5) is 54.0. The summed E-state index contributed by atoms with van der Waals surface area (Å²) in [7, 11) is 0. The van der Waals surface area contributed by atoms with Crippen molar-refractivity contribution in [2.45, 2.75) is 38.6 Å². The minimum Gasteiger partial charge on any atom is -0.481 e. The molecule has 5 N–H and O–H groups in total. The molecule has 0 saturated heterocycles. The number of aromatic nitrogens is 1. The first-order valence-electron chi connectivity index (χ1n) is 14.3. The highest BCUT2D eigenvalue weighted by molar-refractivity contribution is 6.12. The molecule has 1 aliphatic rings. The summed E-state index contributed by atoms with van der Waals surface area (Å²) in [5, 5.41) is 19.0. The minimum absolute atomic E-state index is 0.0213. The van der Waals surface area contributed by atoms with Gasteiger partial charge in [0, 0.05) is 29.3 Å². The van der Waals surface area contributed by atoms with Gasteiger partial charge in [-0.1, -0.05) is 50.2 Å². The van der Waals surface area contributed by atoms with Crippen LogP contribution in [0.3, 0.4) is 0 Å². The van der Waals surface area contributed by atoms with Crippen molar-refractivity contribution < 1.29 is 33.8 Å². The van der Waals surface area contributed by atoms with Gasteiger partial charge in [-0.2, -0.15) is 0 Å². The first kappa shape index (κ1) is 30.1. The average molecular weight is 599 g/mol. The molecule has 4 aromatic rings. The number of aromatic amines is 1. The molecule has 0 radical (unpaired) electrons. The van der Waals surface area contributed by atoms with Crippen molar-refractivity contribution in [3.63, 3.8) is 0 Å². The van der Waals surface area contributed by atoms with E-state index in [1.807, 2.05) is 38.1 Å². The molecule has 2 atom stereocenters. The van der Waals surface area contributed by atoms with Crippen molar-refractivity contribution in [2.75, 3.05) is 18.7 Å². The number of aliphatic carboxylic acids is 1. The van der Waals surface area contributed by atoms with Crippen LogP contribution in [0.15, 0.2) is 72.9 Å². The molecule has 3 amide bonds. The Labute approximate surface area is 253 Å². The number of para-hydroxylation sites is 1. The van der Waals surface area contributed by atoms with E-state index < -0.39 is 23.8 Å². The zero-order valence-electron chi connectivity index (χ0n) is 24.4. The first-order valence-corrected chi connectivity index (χ1v) is 14.3. The molecule has 0 aliphatic carbocycles. The molecule has 1 unspecified atom stereocenters. The third-order valence-corrected chi connectivity index (χ3v) is 7.35. The predicted octanol–water partition coefficient (Wildman–Crippen LogP) is 4.21. The lowest BCUT2D eigenvalue weighted by Gasteiger charge is -2.22. The zero-order valence-corrected chi connectivity index (χ0v) is 24.4. The van der Waals surface area contributed by atoms with Crippen LogP contribution in [0.5, 0.6) is 11.5 Å². The van der Waals surface area contributed by atoms with Crippen LogP contribution in [0.4, 0.5) is 5.69 Å². The number of anilines is 1. The number of benzene rings is 3. The largest absolute Gasteiger partial charge is 0.481 e. The summed E-state index contributed by atoms with van der Waals surface area (Å²) in [6, 6.07) is 18.5. The lowest BCUT2D eigenvalue weighted by atomic mass is 9.98. The fraction of sp³-hybridized carbons (Fsp3) is 0.273. The van der Waals surface area contributed by atoms with Gasteiger partial charge in [-0.3, -0.25) is 19.2 Å². The van der Waals surface area contributed by atoms with Crippen molar-refractivity contribution in [1.82, 2.24) is 15.6 Å². The van der Waals surface area contributed by atoms with E-state index in [0.29, 0.717) is 40.3 Å². The number of rotatable bonds is 12. The average Bonchev–Trinajstić information content (AvgIpc) is 3.64. The van der Waals surface area contributed by atoms with Gasteiger partial charge in [0.25, 0.3) is 5.91 Å². The van der Waals surface area contributed by atoms with Crippen molar-refractivity contribution >= 4 is 40.3 Å². The lowest BCUT2D eigenvalue weighted by Crippen LogP contribution is -2.49. The molecular formula is C33H34N4O7. The van der Waals surface area contributed by atoms with Gasteiger partial charge in [0.1, 0.15) is 6.04 Å². The number of H-pyrrole nitrogens is 1. The number of carbonyl (C=O) groups excluding carboxylic acids is 3. The molecule has 2 heterocycles. The van der Waals surface area contributed by atoms with Crippen molar-refractivity contribution in [1.29, 1.82) is 0 Å². The van der Waals surface area contributed by atoms with E-state index in [-0.39, 0.29) is 37.5 Å². The Kier molecular flexibility index (Phi) is 9.13. The first-order chi connectivity index (χ1) is 21.2. The van der Waals surface area contributed by atoms with E-state index >= 15 is 0 Å². The summed E-state index contributed by atoms with van der Waals surface area (Å²) < 4.78 is 10.6. The summed E-state index contributed by atoms with van der Waals surface area (Å²) in [6.45, 7) is 3.77. The summed E-state index contributed by atoms with van der Waals surface area (Å²) in [5.41, 5.74) is 3.15. The van der Waals surface area contributed by atoms with Gasteiger partial charge in [0.15, 0.2) is 11.5 Å². The Morgan fingerprint density at radius 1 is 0.955 bits per heavy atom. The van der Waals surface area contributed by atoms with Crippen LogP contribution in [0.1, 0.15) is 47.7 Å². The van der Waals surface area contributed by atoms with E-state index in [0.717, 1.165) is 10.9 Å². The molecule has 1 aromatic heterocycles. The predicted molar refractivity (Wildman–Crippen MR) is 164 cm³/mol. The lowest BCUT2D eigenvalue weighted by molar-refractivity contribution is -0.139. The number of carboxylic acid groups (broad SMARTS) is 1. The SMILES string of the molecule is CC(C)C[C@H](NC(=O)Cc1ccc(NC(=O)c2c[nH]c3ccccc23)cc1)C(=O)NCC(C(=O)O)c1ccc2c(c1)OCO2. The smallest absolute Gasteiger partial charge is 0.312 e. The molecule has 0 fully saturated rings. The number of carbonyl (C=O) groups is 4. The molecule has 3 aromatic carbocycles. The fourth-order valence-corrected chi connectivity index (χ4v) is 5.10. The number of ether oxygens (including phenoxy) is 2. The van der Waals surface area contributed by atoms with Gasteiger partial charge < -0.3 is 35.5 Å². The second kappa shape index (κ2) is 13.3. The Morgan fingerprint density at radius 3 is 2.45 bits per heavy atom. The van der Waals surface area contributed by atoms with Crippen molar-refractivity contribution in [3.8, 4) is 11.5 Å². The van der Waals surface area contributed by atoms with E-state index in [1.165, 1.54) is 0 Å². The Hall–Kier alpha value is -5.32. The number of nitrogens with one attached hydrogen (secondary N) is 4. The summed E-state index contributed by atoms with van der Waals surface area (Å²) in [5.74, 6) is -2.11. The summed E-state index contributed by atoms with van der Waals surface area (Å²) in [6.07, 6.45) is 2.06. The highest BCUT2D eigenvalue weighted by Crippen LogP contribution is 2.34. The minimum atomic E-state index is -1.10. The van der Waals surface area contributed by atoms with E-state index in [9.17, 15) is 24.3 Å². The van der Waals surface area contributed by atoms with Crippen LogP contribution in [0, 0.1) is 5.92 Å². The normalized spacial score (nSPS) is 13.3. The maximum absolute atomic E-state index is 13.1. The number of carboxylic acids is 1. The van der Waals surface area contributed by atoms with Crippen molar-refractivity contribution in [2.24, 2.45) is 5.92 Å². The third-order valence-electron chi connectivity index (χ3n) is 7.35. The summed E-state index contributed by atoms with van der Waals surface area (Å²) >= 11 is 0. The number of hydrogen-bond acceptors (Lipinski definition) is 6.